The molecular formula is C13H21N3O. The van der Waals surface area contributed by atoms with Gasteiger partial charge in [0.25, 0.3) is 0 Å². The highest BCUT2D eigenvalue weighted by molar-refractivity contribution is 5.28. The maximum Gasteiger partial charge on any atom is 0.123 e. The molecule has 0 amide bonds. The second-order valence-corrected chi connectivity index (χ2v) is 4.69. The Hall–Kier alpha value is -1.13. The Morgan fingerprint density at radius 2 is 2.35 bits per heavy atom. The zero-order valence-electron chi connectivity index (χ0n) is 10.6. The van der Waals surface area contributed by atoms with E-state index in [1.165, 1.54) is 0 Å². The van der Waals surface area contributed by atoms with Crippen molar-refractivity contribution in [1.29, 1.82) is 0 Å². The number of hydrogen-bond acceptors (Lipinski definition) is 4. The molecule has 94 valence electrons. The van der Waals surface area contributed by atoms with Crippen molar-refractivity contribution < 1.29 is 4.74 Å². The molecule has 4 nitrogen and oxygen atoms in total. The molecule has 1 aliphatic heterocycles. The van der Waals surface area contributed by atoms with Crippen LogP contribution in [0.1, 0.15) is 26.0 Å². The maximum atomic E-state index is 5.70. The lowest BCUT2D eigenvalue weighted by Crippen LogP contribution is -2.48. The molecule has 1 saturated heterocycles. The van der Waals surface area contributed by atoms with E-state index in [1.807, 2.05) is 18.2 Å². The van der Waals surface area contributed by atoms with Gasteiger partial charge in [0.15, 0.2) is 0 Å². The molecule has 2 unspecified atom stereocenters. The highest BCUT2D eigenvalue weighted by Gasteiger charge is 2.25. The minimum absolute atomic E-state index is 0.304. The number of aromatic nitrogens is 1. The lowest BCUT2D eigenvalue weighted by Gasteiger charge is -2.38. The summed E-state index contributed by atoms with van der Waals surface area (Å²) in [4.78, 5) is 6.80. The van der Waals surface area contributed by atoms with E-state index >= 15 is 0 Å². The normalized spacial score (nSPS) is 26.0. The van der Waals surface area contributed by atoms with Gasteiger partial charge in [-0.15, -0.1) is 0 Å². The van der Waals surface area contributed by atoms with Gasteiger partial charge in [0.1, 0.15) is 5.82 Å². The van der Waals surface area contributed by atoms with E-state index in [2.05, 4.69) is 23.7 Å². The van der Waals surface area contributed by atoms with Gasteiger partial charge >= 0.3 is 0 Å². The van der Waals surface area contributed by atoms with Crippen LogP contribution in [0.3, 0.4) is 0 Å². The Morgan fingerprint density at radius 1 is 1.53 bits per heavy atom. The molecule has 1 fully saturated rings. The number of nitrogen functional groups attached to an aromatic ring is 1. The lowest BCUT2D eigenvalue weighted by atomic mass is 10.1. The van der Waals surface area contributed by atoms with Gasteiger partial charge < -0.3 is 10.5 Å². The molecule has 0 aromatic carbocycles. The van der Waals surface area contributed by atoms with Crippen LogP contribution in [0.5, 0.6) is 0 Å². The molecule has 1 aromatic heterocycles. The van der Waals surface area contributed by atoms with Gasteiger partial charge in [0.05, 0.1) is 18.4 Å². The molecule has 0 saturated carbocycles. The van der Waals surface area contributed by atoms with Crippen molar-refractivity contribution in [3.05, 3.63) is 23.9 Å². The fraction of sp³-hybridized carbons (Fsp3) is 0.615. The van der Waals surface area contributed by atoms with Crippen molar-refractivity contribution >= 4 is 5.82 Å². The molecule has 2 N–H and O–H groups in total. The van der Waals surface area contributed by atoms with Crippen molar-refractivity contribution in [2.75, 3.05) is 18.9 Å². The van der Waals surface area contributed by atoms with Gasteiger partial charge in [-0.3, -0.25) is 4.90 Å². The predicted molar refractivity (Wildman–Crippen MR) is 68.6 cm³/mol. The van der Waals surface area contributed by atoms with E-state index in [0.717, 1.165) is 31.8 Å². The summed E-state index contributed by atoms with van der Waals surface area (Å²) in [7, 11) is 0. The van der Waals surface area contributed by atoms with Crippen LogP contribution in [-0.4, -0.2) is 35.2 Å². The van der Waals surface area contributed by atoms with Crippen LogP contribution in [0.4, 0.5) is 5.82 Å². The molecular weight excluding hydrogens is 214 g/mol. The molecule has 2 atom stereocenters. The van der Waals surface area contributed by atoms with Crippen molar-refractivity contribution in [2.24, 2.45) is 0 Å². The fourth-order valence-corrected chi connectivity index (χ4v) is 2.28. The number of nitrogens with two attached hydrogens (primary N) is 1. The largest absolute Gasteiger partial charge is 0.384 e. The van der Waals surface area contributed by atoms with Crippen molar-refractivity contribution in [3.63, 3.8) is 0 Å². The van der Waals surface area contributed by atoms with Gasteiger partial charge in [0.2, 0.25) is 0 Å². The summed E-state index contributed by atoms with van der Waals surface area (Å²) in [6, 6.07) is 6.31. The van der Waals surface area contributed by atoms with E-state index in [1.54, 1.807) is 0 Å². The molecule has 0 radical (unpaired) electrons. The van der Waals surface area contributed by atoms with Gasteiger partial charge in [-0.25, -0.2) is 4.98 Å². The number of anilines is 1. The number of nitrogens with zero attached hydrogens (tertiary/aromatic N) is 2. The Balaban J connectivity index is 2.04. The second-order valence-electron chi connectivity index (χ2n) is 4.69. The van der Waals surface area contributed by atoms with E-state index in [4.69, 9.17) is 10.5 Å². The molecule has 0 aliphatic carbocycles. The minimum Gasteiger partial charge on any atom is -0.384 e. The first kappa shape index (κ1) is 12.3. The monoisotopic (exact) mass is 235 g/mol. The van der Waals surface area contributed by atoms with Crippen LogP contribution >= 0.6 is 0 Å². The summed E-state index contributed by atoms with van der Waals surface area (Å²) in [5.74, 6) is 0.594. The predicted octanol–water partition coefficient (Wildman–Crippen LogP) is 1.66. The fourth-order valence-electron chi connectivity index (χ4n) is 2.28. The summed E-state index contributed by atoms with van der Waals surface area (Å²) in [5.41, 5.74) is 6.74. The standard InChI is InChI=1S/C13H21N3O/c1-3-12-9-17-10(2)7-16(12)8-11-5-4-6-13(14)15-11/h4-6,10,12H,3,7-9H2,1-2H3,(H2,14,15). The van der Waals surface area contributed by atoms with Gasteiger partial charge in [-0.1, -0.05) is 13.0 Å². The van der Waals surface area contributed by atoms with Gasteiger partial charge in [-0.05, 0) is 25.5 Å². The molecule has 0 bridgehead atoms. The van der Waals surface area contributed by atoms with Crippen LogP contribution in [0, 0.1) is 0 Å². The SMILES string of the molecule is CCC1COC(C)CN1Cc1cccc(N)n1. The molecule has 1 aliphatic rings. The average Bonchev–Trinajstić information content (AvgIpc) is 2.29. The first-order chi connectivity index (χ1) is 8.19. The highest BCUT2D eigenvalue weighted by Crippen LogP contribution is 2.17. The quantitative estimate of drug-likeness (QED) is 0.865. The highest BCUT2D eigenvalue weighted by atomic mass is 16.5. The first-order valence-electron chi connectivity index (χ1n) is 6.26. The van der Waals surface area contributed by atoms with Crippen LogP contribution < -0.4 is 5.73 Å². The summed E-state index contributed by atoms with van der Waals surface area (Å²) >= 11 is 0. The van der Waals surface area contributed by atoms with Crippen LogP contribution in [-0.2, 0) is 11.3 Å². The van der Waals surface area contributed by atoms with Crippen molar-refractivity contribution in [2.45, 2.75) is 39.0 Å². The molecule has 4 heteroatoms. The van der Waals surface area contributed by atoms with E-state index in [-0.39, 0.29) is 0 Å². The van der Waals surface area contributed by atoms with Crippen LogP contribution in [0.2, 0.25) is 0 Å². The summed E-state index contributed by atoms with van der Waals surface area (Å²) in [5, 5.41) is 0. The number of rotatable bonds is 3. The van der Waals surface area contributed by atoms with Gasteiger partial charge in [-0.2, -0.15) is 0 Å². The maximum absolute atomic E-state index is 5.70. The van der Waals surface area contributed by atoms with Crippen LogP contribution in [0.15, 0.2) is 18.2 Å². The zero-order valence-corrected chi connectivity index (χ0v) is 10.6. The first-order valence-corrected chi connectivity index (χ1v) is 6.26. The number of pyridine rings is 1. The van der Waals surface area contributed by atoms with Crippen LogP contribution in [0.25, 0.3) is 0 Å². The lowest BCUT2D eigenvalue weighted by molar-refractivity contribution is -0.0595. The molecule has 2 rings (SSSR count). The smallest absolute Gasteiger partial charge is 0.123 e. The molecule has 1 aromatic rings. The van der Waals surface area contributed by atoms with E-state index in [0.29, 0.717) is 18.0 Å². The Bertz CT molecular complexity index is 369. The molecule has 17 heavy (non-hydrogen) atoms. The number of ether oxygens (including phenoxy) is 1. The average molecular weight is 235 g/mol. The Morgan fingerprint density at radius 3 is 3.06 bits per heavy atom. The third-order valence-electron chi connectivity index (χ3n) is 3.25. The topological polar surface area (TPSA) is 51.4 Å². The third-order valence-corrected chi connectivity index (χ3v) is 3.25. The summed E-state index contributed by atoms with van der Waals surface area (Å²) < 4.78 is 5.69. The third kappa shape index (κ3) is 3.17. The number of morpholine rings is 1. The Kier molecular flexibility index (Phi) is 3.97. The zero-order chi connectivity index (χ0) is 12.3. The second kappa shape index (κ2) is 5.47. The number of hydrogen-bond donors (Lipinski definition) is 1. The van der Waals surface area contributed by atoms with Crippen molar-refractivity contribution in [1.82, 2.24) is 9.88 Å². The summed E-state index contributed by atoms with van der Waals surface area (Å²) in [6.45, 7) is 6.96. The van der Waals surface area contributed by atoms with Crippen molar-refractivity contribution in [3.8, 4) is 0 Å². The van der Waals surface area contributed by atoms with E-state index in [9.17, 15) is 0 Å². The minimum atomic E-state index is 0.304. The van der Waals surface area contributed by atoms with E-state index < -0.39 is 0 Å². The molecule has 2 heterocycles. The molecule has 0 spiro atoms. The van der Waals surface area contributed by atoms with Gasteiger partial charge in [0, 0.05) is 19.1 Å². The summed E-state index contributed by atoms with van der Waals surface area (Å²) in [6.07, 6.45) is 1.41. The Labute approximate surface area is 103 Å².